The van der Waals surface area contributed by atoms with E-state index in [1.807, 2.05) is 0 Å². The Bertz CT molecular complexity index is 328. The smallest absolute Gasteiger partial charge is 0.233 e. The minimum Gasteiger partial charge on any atom is -0.550 e. The third kappa shape index (κ3) is 2.33. The van der Waals surface area contributed by atoms with Crippen molar-refractivity contribution in [3.63, 3.8) is 0 Å². The van der Waals surface area contributed by atoms with Crippen molar-refractivity contribution in [3.05, 3.63) is 0 Å². The van der Waals surface area contributed by atoms with Gasteiger partial charge < -0.3 is 9.90 Å². The highest BCUT2D eigenvalue weighted by atomic mass is 16.4. The van der Waals surface area contributed by atoms with Crippen molar-refractivity contribution in [2.75, 3.05) is 6.54 Å². The van der Waals surface area contributed by atoms with Gasteiger partial charge in [-0.15, -0.1) is 0 Å². The molecule has 2 amide bonds. The molecule has 17 heavy (non-hydrogen) atoms. The fourth-order valence-electron chi connectivity index (χ4n) is 2.83. The molecule has 0 aromatic rings. The molecule has 0 aromatic carbocycles. The Hall–Kier alpha value is -1.39. The number of hydrogen-bond donors (Lipinski definition) is 0. The first-order valence-electron chi connectivity index (χ1n) is 6.16. The summed E-state index contributed by atoms with van der Waals surface area (Å²) in [6.45, 7) is 0.221. The Labute approximate surface area is 99.8 Å². The second-order valence-electron chi connectivity index (χ2n) is 4.80. The van der Waals surface area contributed by atoms with Crippen LogP contribution in [0.5, 0.6) is 0 Å². The van der Waals surface area contributed by atoms with Crippen LogP contribution in [-0.2, 0) is 14.4 Å². The van der Waals surface area contributed by atoms with Crippen molar-refractivity contribution >= 4 is 17.8 Å². The van der Waals surface area contributed by atoms with Gasteiger partial charge in [-0.05, 0) is 25.7 Å². The molecule has 2 rings (SSSR count). The first-order valence-corrected chi connectivity index (χ1v) is 6.16. The van der Waals surface area contributed by atoms with Crippen LogP contribution >= 0.6 is 0 Å². The van der Waals surface area contributed by atoms with E-state index in [0.717, 1.165) is 25.7 Å². The molecule has 2 atom stereocenters. The second kappa shape index (κ2) is 4.85. The lowest BCUT2D eigenvalue weighted by atomic mass is 9.81. The lowest BCUT2D eigenvalue weighted by Gasteiger charge is -2.19. The summed E-state index contributed by atoms with van der Waals surface area (Å²) in [5.74, 6) is -1.61. The molecule has 0 unspecified atom stereocenters. The molecule has 1 heterocycles. The summed E-state index contributed by atoms with van der Waals surface area (Å²) in [7, 11) is 0. The molecule has 1 saturated carbocycles. The fourth-order valence-corrected chi connectivity index (χ4v) is 2.83. The maximum absolute atomic E-state index is 12.0. The van der Waals surface area contributed by atoms with Crippen LogP contribution in [0.4, 0.5) is 0 Å². The maximum Gasteiger partial charge on any atom is 0.233 e. The average molecular weight is 238 g/mol. The topological polar surface area (TPSA) is 77.5 Å². The molecule has 0 radical (unpaired) electrons. The zero-order chi connectivity index (χ0) is 12.4. The van der Waals surface area contributed by atoms with Crippen molar-refractivity contribution in [2.45, 2.75) is 38.5 Å². The third-order valence-electron chi connectivity index (χ3n) is 3.70. The minimum absolute atomic E-state index is 0.0990. The lowest BCUT2D eigenvalue weighted by Crippen LogP contribution is -2.33. The van der Waals surface area contributed by atoms with Crippen LogP contribution in [0.1, 0.15) is 38.5 Å². The summed E-state index contributed by atoms with van der Waals surface area (Å²) in [6.07, 6.45) is 3.80. The molecule has 1 aliphatic heterocycles. The molecule has 5 heteroatoms. The van der Waals surface area contributed by atoms with E-state index in [-0.39, 0.29) is 36.6 Å². The number of nitrogens with zero attached hydrogens (tertiary/aromatic N) is 1. The van der Waals surface area contributed by atoms with E-state index in [9.17, 15) is 19.5 Å². The molecule has 0 bridgehead atoms. The van der Waals surface area contributed by atoms with Crippen molar-refractivity contribution in [1.82, 2.24) is 4.90 Å². The second-order valence-corrected chi connectivity index (χ2v) is 4.80. The van der Waals surface area contributed by atoms with Crippen LogP contribution in [0, 0.1) is 11.8 Å². The number of likely N-dealkylation sites (tertiary alicyclic amines) is 1. The number of hydrogen-bond acceptors (Lipinski definition) is 4. The maximum atomic E-state index is 12.0. The molecule has 2 fully saturated rings. The van der Waals surface area contributed by atoms with Crippen molar-refractivity contribution < 1.29 is 19.5 Å². The van der Waals surface area contributed by atoms with E-state index in [1.165, 1.54) is 4.90 Å². The molecule has 5 nitrogen and oxygen atoms in total. The number of imide groups is 1. The number of carboxylic acids is 1. The van der Waals surface area contributed by atoms with E-state index >= 15 is 0 Å². The molecule has 2 aliphatic rings. The van der Waals surface area contributed by atoms with Crippen LogP contribution in [0.25, 0.3) is 0 Å². The van der Waals surface area contributed by atoms with Crippen LogP contribution in [0.15, 0.2) is 0 Å². The molecule has 1 saturated heterocycles. The van der Waals surface area contributed by atoms with Gasteiger partial charge in [-0.3, -0.25) is 14.5 Å². The number of carbonyl (C=O) groups is 3. The molecular formula is C12H16NO4-. The molecule has 1 aliphatic carbocycles. The standard InChI is InChI=1S/C12H17NO4/c14-10(15)6-3-7-13-11(16)8-4-1-2-5-9(8)12(13)17/h8-9H,1-7H2,(H,14,15)/p-1/t8-,9-/m0/s1. The number of fused-ring (bicyclic) bond motifs is 1. The summed E-state index contributed by atoms with van der Waals surface area (Å²) in [4.78, 5) is 35.5. The zero-order valence-electron chi connectivity index (χ0n) is 9.68. The highest BCUT2D eigenvalue weighted by Crippen LogP contribution is 2.37. The predicted octanol–water partition coefficient (Wildman–Crippen LogP) is -0.308. The van der Waals surface area contributed by atoms with E-state index < -0.39 is 5.97 Å². The molecule has 0 aromatic heterocycles. The first-order chi connectivity index (χ1) is 8.11. The number of carbonyl (C=O) groups excluding carboxylic acids is 3. The number of rotatable bonds is 4. The fraction of sp³-hybridized carbons (Fsp3) is 0.750. The van der Waals surface area contributed by atoms with Crippen molar-refractivity contribution in [1.29, 1.82) is 0 Å². The summed E-state index contributed by atoms with van der Waals surface area (Å²) in [5.41, 5.74) is 0. The van der Waals surface area contributed by atoms with Gasteiger partial charge in [0.05, 0.1) is 11.8 Å². The van der Waals surface area contributed by atoms with Gasteiger partial charge in [-0.25, -0.2) is 0 Å². The van der Waals surface area contributed by atoms with Crippen molar-refractivity contribution in [2.24, 2.45) is 11.8 Å². The highest BCUT2D eigenvalue weighted by molar-refractivity contribution is 6.05. The quantitative estimate of drug-likeness (QED) is 0.629. The summed E-state index contributed by atoms with van der Waals surface area (Å²) < 4.78 is 0. The Morgan fingerprint density at radius 3 is 2.18 bits per heavy atom. The van der Waals surface area contributed by atoms with Crippen LogP contribution in [0.2, 0.25) is 0 Å². The molecular weight excluding hydrogens is 222 g/mol. The normalized spacial score (nSPS) is 28.4. The van der Waals surface area contributed by atoms with E-state index in [1.54, 1.807) is 0 Å². The highest BCUT2D eigenvalue weighted by Gasteiger charge is 2.47. The van der Waals surface area contributed by atoms with E-state index in [2.05, 4.69) is 0 Å². The van der Waals surface area contributed by atoms with E-state index in [4.69, 9.17) is 0 Å². The molecule has 0 spiro atoms. The Morgan fingerprint density at radius 2 is 1.71 bits per heavy atom. The zero-order valence-corrected chi connectivity index (χ0v) is 9.68. The summed E-state index contributed by atoms with van der Waals surface area (Å²) in [5, 5.41) is 10.3. The van der Waals surface area contributed by atoms with Gasteiger partial charge in [0.25, 0.3) is 0 Å². The van der Waals surface area contributed by atoms with Gasteiger partial charge in [0.2, 0.25) is 11.8 Å². The lowest BCUT2D eigenvalue weighted by molar-refractivity contribution is -0.305. The van der Waals surface area contributed by atoms with Gasteiger partial charge in [0.15, 0.2) is 0 Å². The van der Waals surface area contributed by atoms with Gasteiger partial charge in [0.1, 0.15) is 0 Å². The number of amides is 2. The van der Waals surface area contributed by atoms with Gasteiger partial charge in [0, 0.05) is 12.5 Å². The molecule has 0 N–H and O–H groups in total. The average Bonchev–Trinajstić information content (AvgIpc) is 2.54. The Morgan fingerprint density at radius 1 is 1.18 bits per heavy atom. The monoisotopic (exact) mass is 238 g/mol. The first kappa shape index (κ1) is 12.1. The van der Waals surface area contributed by atoms with Gasteiger partial charge in [-0.2, -0.15) is 0 Å². The third-order valence-corrected chi connectivity index (χ3v) is 3.70. The summed E-state index contributed by atoms with van der Waals surface area (Å²) >= 11 is 0. The molecule has 94 valence electrons. The minimum atomic E-state index is -1.14. The van der Waals surface area contributed by atoms with E-state index in [0.29, 0.717) is 6.42 Å². The summed E-state index contributed by atoms with van der Waals surface area (Å²) in [6, 6.07) is 0. The Kier molecular flexibility index (Phi) is 3.45. The van der Waals surface area contributed by atoms with Crippen LogP contribution < -0.4 is 5.11 Å². The SMILES string of the molecule is O=C([O-])CCCN1C(=O)[C@H]2CCCC[C@@H]2C1=O. The van der Waals surface area contributed by atoms with Gasteiger partial charge in [-0.1, -0.05) is 12.8 Å². The largest absolute Gasteiger partial charge is 0.550 e. The Balaban J connectivity index is 1.96. The van der Waals surface area contributed by atoms with Crippen LogP contribution in [0.3, 0.4) is 0 Å². The number of aliphatic carboxylic acids is 1. The predicted molar refractivity (Wildman–Crippen MR) is 56.4 cm³/mol. The van der Waals surface area contributed by atoms with Crippen molar-refractivity contribution in [3.8, 4) is 0 Å². The van der Waals surface area contributed by atoms with Crippen LogP contribution in [-0.4, -0.2) is 29.2 Å². The number of carboxylic acid groups (broad SMARTS) is 1. The van der Waals surface area contributed by atoms with Gasteiger partial charge >= 0.3 is 0 Å².